The number of carboxylic acid groups (broad SMARTS) is 1. The maximum atomic E-state index is 11.7. The van der Waals surface area contributed by atoms with Crippen molar-refractivity contribution >= 4 is 5.97 Å². The molecule has 200 valence electrons. The Balaban J connectivity index is 1.12. The van der Waals surface area contributed by atoms with Gasteiger partial charge in [0.2, 0.25) is 5.82 Å². The number of fused-ring (bicyclic) bond motifs is 2. The smallest absolute Gasteiger partial charge is 0.310 e. The first-order valence-electron chi connectivity index (χ1n) is 14.1. The molecule has 8 nitrogen and oxygen atoms in total. The Kier molecular flexibility index (Phi) is 5.74. The normalized spacial score (nSPS) is 23.7. The highest BCUT2D eigenvalue weighted by Gasteiger charge is 2.53. The molecule has 0 bridgehead atoms. The summed E-state index contributed by atoms with van der Waals surface area (Å²) in [6.45, 7) is 2.50. The molecule has 1 unspecified atom stereocenters. The van der Waals surface area contributed by atoms with E-state index in [2.05, 4.69) is 34.3 Å². The van der Waals surface area contributed by atoms with Crippen molar-refractivity contribution in [2.75, 3.05) is 19.6 Å². The molecule has 1 N–H and O–H groups in total. The monoisotopic (exact) mass is 524 g/mol. The Bertz CT molecular complexity index is 1480. The first-order valence-corrected chi connectivity index (χ1v) is 14.1. The van der Waals surface area contributed by atoms with Crippen LogP contribution in [-0.4, -0.2) is 51.9 Å². The Hall–Kier alpha value is -3.70. The van der Waals surface area contributed by atoms with Crippen molar-refractivity contribution in [3.63, 3.8) is 0 Å². The lowest BCUT2D eigenvalue weighted by molar-refractivity contribution is -0.144. The molecule has 39 heavy (non-hydrogen) atoms. The highest BCUT2D eigenvalue weighted by atomic mass is 16.5. The van der Waals surface area contributed by atoms with Crippen molar-refractivity contribution in [2.24, 2.45) is 5.41 Å². The van der Waals surface area contributed by atoms with Crippen LogP contribution in [0, 0.1) is 16.7 Å². The van der Waals surface area contributed by atoms with Gasteiger partial charge in [-0.05, 0) is 93.7 Å². The number of benzene rings is 2. The zero-order valence-corrected chi connectivity index (χ0v) is 22.0. The Morgan fingerprint density at radius 3 is 2.79 bits per heavy atom. The van der Waals surface area contributed by atoms with E-state index in [1.54, 1.807) is 6.07 Å². The lowest BCUT2D eigenvalue weighted by Gasteiger charge is -2.27. The summed E-state index contributed by atoms with van der Waals surface area (Å²) >= 11 is 0. The van der Waals surface area contributed by atoms with E-state index >= 15 is 0 Å². The van der Waals surface area contributed by atoms with Gasteiger partial charge in [-0.25, -0.2) is 0 Å². The van der Waals surface area contributed by atoms with Crippen LogP contribution in [-0.2, 0) is 16.6 Å². The van der Waals surface area contributed by atoms with E-state index in [0.717, 1.165) is 63.6 Å². The molecule has 0 amide bonds. The van der Waals surface area contributed by atoms with Crippen LogP contribution < -0.4 is 4.74 Å². The van der Waals surface area contributed by atoms with Gasteiger partial charge in [0.15, 0.2) is 0 Å². The van der Waals surface area contributed by atoms with Crippen LogP contribution in [0.3, 0.4) is 0 Å². The molecule has 0 radical (unpaired) electrons. The van der Waals surface area contributed by atoms with Gasteiger partial charge >= 0.3 is 5.97 Å². The average Bonchev–Trinajstić information content (AvgIpc) is 3.41. The number of carboxylic acids is 1. The van der Waals surface area contributed by atoms with E-state index in [4.69, 9.17) is 14.2 Å². The van der Waals surface area contributed by atoms with Crippen LogP contribution in [0.4, 0.5) is 0 Å². The third-order valence-corrected chi connectivity index (χ3v) is 9.48. The standard InChI is InChI=1S/C31H32N4O4/c32-17-21-16-20(8-9-26(21)38-22-4-1-2-5-22)28-33-27(34-39-28)24-6-3-7-25-23(24)10-11-30(25)14-15-35(18-30)19-31(12-13-31)29(36)37/h3,6-9,16,22H,1-2,4-5,10-15,18-19H2,(H,36,37). The summed E-state index contributed by atoms with van der Waals surface area (Å²) < 4.78 is 11.8. The number of aliphatic carboxylic acids is 1. The first-order chi connectivity index (χ1) is 19.0. The number of rotatable bonds is 7. The van der Waals surface area contributed by atoms with E-state index in [1.807, 2.05) is 12.1 Å². The van der Waals surface area contributed by atoms with Crippen LogP contribution in [0.25, 0.3) is 22.8 Å². The van der Waals surface area contributed by atoms with Gasteiger partial charge in [0, 0.05) is 29.6 Å². The largest absolute Gasteiger partial charge is 0.489 e. The fourth-order valence-corrected chi connectivity index (χ4v) is 7.09. The molecule has 4 aliphatic rings. The second kappa shape index (κ2) is 9.20. The summed E-state index contributed by atoms with van der Waals surface area (Å²) in [7, 11) is 0. The van der Waals surface area contributed by atoms with Gasteiger partial charge in [0.05, 0.1) is 17.1 Å². The number of carbonyl (C=O) groups is 1. The van der Waals surface area contributed by atoms with E-state index in [0.29, 0.717) is 35.1 Å². The van der Waals surface area contributed by atoms with Crippen molar-refractivity contribution in [1.29, 1.82) is 5.26 Å². The lowest BCUT2D eigenvalue weighted by atomic mass is 9.81. The maximum Gasteiger partial charge on any atom is 0.310 e. The van der Waals surface area contributed by atoms with Gasteiger partial charge in [-0.3, -0.25) is 4.79 Å². The van der Waals surface area contributed by atoms with Crippen LogP contribution >= 0.6 is 0 Å². The molecule has 3 aliphatic carbocycles. The highest BCUT2D eigenvalue weighted by Crippen LogP contribution is 2.51. The Labute approximate surface area is 227 Å². The van der Waals surface area contributed by atoms with E-state index in [1.165, 1.54) is 24.0 Å². The first kappa shape index (κ1) is 24.3. The molecule has 1 saturated heterocycles. The third kappa shape index (κ3) is 4.20. The van der Waals surface area contributed by atoms with E-state index in [-0.39, 0.29) is 11.5 Å². The van der Waals surface area contributed by atoms with Crippen LogP contribution in [0.5, 0.6) is 5.75 Å². The molecule has 3 aromatic rings. The van der Waals surface area contributed by atoms with Gasteiger partial charge in [-0.2, -0.15) is 10.2 Å². The molecule has 8 heteroatoms. The minimum absolute atomic E-state index is 0.0589. The summed E-state index contributed by atoms with van der Waals surface area (Å²) in [6, 6.07) is 14.1. The third-order valence-electron chi connectivity index (χ3n) is 9.48. The molecule has 3 fully saturated rings. The number of ether oxygens (including phenoxy) is 1. The van der Waals surface area contributed by atoms with Crippen LogP contribution in [0.15, 0.2) is 40.9 Å². The summed E-state index contributed by atoms with van der Waals surface area (Å²) in [5.74, 6) is 0.903. The average molecular weight is 525 g/mol. The molecule has 2 saturated carbocycles. The van der Waals surface area contributed by atoms with Crippen LogP contribution in [0.1, 0.15) is 68.1 Å². The molecule has 1 atom stereocenters. The van der Waals surface area contributed by atoms with Gasteiger partial charge < -0.3 is 19.3 Å². The molecule has 1 spiro atoms. The summed E-state index contributed by atoms with van der Waals surface area (Å²) in [5, 5.41) is 23.7. The van der Waals surface area contributed by atoms with Crippen molar-refractivity contribution in [3.05, 3.63) is 53.1 Å². The van der Waals surface area contributed by atoms with Gasteiger partial charge in [0.25, 0.3) is 5.89 Å². The van der Waals surface area contributed by atoms with Crippen molar-refractivity contribution in [2.45, 2.75) is 69.3 Å². The van der Waals surface area contributed by atoms with Gasteiger partial charge in [0.1, 0.15) is 11.8 Å². The van der Waals surface area contributed by atoms with Crippen molar-refractivity contribution < 1.29 is 19.2 Å². The molecule has 2 aromatic carbocycles. The number of nitrogens with zero attached hydrogens (tertiary/aromatic N) is 4. The quantitative estimate of drug-likeness (QED) is 0.440. The fraction of sp³-hybridized carbons (Fsp3) is 0.484. The topological polar surface area (TPSA) is 112 Å². The summed E-state index contributed by atoms with van der Waals surface area (Å²) in [4.78, 5) is 18.8. The van der Waals surface area contributed by atoms with Crippen molar-refractivity contribution in [1.82, 2.24) is 15.0 Å². The number of hydrogen-bond acceptors (Lipinski definition) is 7. The van der Waals surface area contributed by atoms with E-state index < -0.39 is 11.4 Å². The van der Waals surface area contributed by atoms with Gasteiger partial charge in [-0.15, -0.1) is 0 Å². The minimum atomic E-state index is -0.650. The highest BCUT2D eigenvalue weighted by molar-refractivity contribution is 5.78. The van der Waals surface area contributed by atoms with E-state index in [9.17, 15) is 15.2 Å². The molecule has 1 aromatic heterocycles. The Morgan fingerprint density at radius 1 is 1.18 bits per heavy atom. The SMILES string of the molecule is N#Cc1cc(-c2nc(-c3cccc4c3CCC43CCN(CC4(C(=O)O)CC4)C3)no2)ccc1OC1CCCC1. The zero-order chi connectivity index (χ0) is 26.6. The van der Waals surface area contributed by atoms with Gasteiger partial charge in [-0.1, -0.05) is 23.4 Å². The molecule has 1 aliphatic heterocycles. The fourth-order valence-electron chi connectivity index (χ4n) is 7.09. The number of hydrogen-bond donors (Lipinski definition) is 1. The zero-order valence-electron chi connectivity index (χ0n) is 22.0. The Morgan fingerprint density at radius 2 is 2.03 bits per heavy atom. The molecular formula is C31H32N4O4. The number of nitriles is 1. The second-order valence-electron chi connectivity index (χ2n) is 11.9. The molecular weight excluding hydrogens is 492 g/mol. The second-order valence-corrected chi connectivity index (χ2v) is 11.9. The maximum absolute atomic E-state index is 11.7. The lowest BCUT2D eigenvalue weighted by Crippen LogP contribution is -2.35. The predicted octanol–water partition coefficient (Wildman–Crippen LogP) is 5.35. The van der Waals surface area contributed by atoms with Crippen molar-refractivity contribution in [3.8, 4) is 34.7 Å². The minimum Gasteiger partial charge on any atom is -0.489 e. The molecule has 2 heterocycles. The predicted molar refractivity (Wildman–Crippen MR) is 143 cm³/mol. The number of likely N-dealkylation sites (tertiary alicyclic amines) is 1. The summed E-state index contributed by atoms with van der Waals surface area (Å²) in [6.07, 6.45) is 9.20. The summed E-state index contributed by atoms with van der Waals surface area (Å²) in [5.41, 5.74) is 4.31. The number of aromatic nitrogens is 2. The molecule has 7 rings (SSSR count). The van der Waals surface area contributed by atoms with Crippen LogP contribution in [0.2, 0.25) is 0 Å².